The number of nitroso groups, excluding NO2 is 1. The molecule has 1 saturated heterocycles. The van der Waals surface area contributed by atoms with Crippen molar-refractivity contribution < 1.29 is 21.8 Å². The number of hydrogen-bond donors (Lipinski definition) is 2. The van der Waals surface area contributed by atoms with E-state index in [1.165, 1.54) is 31.2 Å². The average molecular weight is 403 g/mol. The number of nitrogens with two attached hydrogens (primary N) is 1. The second kappa shape index (κ2) is 7.26. The smallest absolute Gasteiger partial charge is 0.345 e. The molecule has 0 aliphatic carbocycles. The fourth-order valence-electron chi connectivity index (χ4n) is 3.19. The van der Waals surface area contributed by atoms with Crippen molar-refractivity contribution in [3.63, 3.8) is 0 Å². The van der Waals surface area contributed by atoms with Crippen molar-refractivity contribution in [2.24, 2.45) is 10.9 Å². The van der Waals surface area contributed by atoms with E-state index in [2.05, 4.69) is 18.0 Å². The third-order valence-corrected chi connectivity index (χ3v) is 7.62. The molecule has 1 heterocycles. The highest BCUT2D eigenvalue weighted by Crippen LogP contribution is 2.43. The van der Waals surface area contributed by atoms with Crippen molar-refractivity contribution in [1.82, 2.24) is 0 Å². The second-order valence-electron chi connectivity index (χ2n) is 6.68. The number of rotatable bonds is 6. The summed E-state index contributed by atoms with van der Waals surface area (Å²) in [5.74, 6) is -1.17. The first-order chi connectivity index (χ1) is 12.1. The molecule has 0 aromatic heterocycles. The Labute approximate surface area is 158 Å². The standard InChI is InChI=1S/C16H24N3O5S2/c1-3-24-14(20)16(17,26(22,23)13-7-5-4-6-8-13)15(18-21)9-11-19(2,25)12-10-15/h4-8,25H,3,9-12,17H2,1-2H3/q+1/t15?,16-,19?/m1/s1. The van der Waals surface area contributed by atoms with Crippen LogP contribution >= 0.6 is 12.8 Å². The van der Waals surface area contributed by atoms with Crippen LogP contribution in [0.5, 0.6) is 0 Å². The summed E-state index contributed by atoms with van der Waals surface area (Å²) in [6, 6.07) is 7.33. The van der Waals surface area contributed by atoms with Gasteiger partial charge < -0.3 is 10.5 Å². The fraction of sp³-hybridized carbons (Fsp3) is 0.562. The van der Waals surface area contributed by atoms with Gasteiger partial charge in [0, 0.05) is 12.8 Å². The van der Waals surface area contributed by atoms with Crippen molar-refractivity contribution in [2.75, 3.05) is 26.7 Å². The number of ether oxygens (including phenoxy) is 1. The molecule has 0 radical (unpaired) electrons. The van der Waals surface area contributed by atoms with Crippen molar-refractivity contribution in [1.29, 1.82) is 0 Å². The number of nitrogens with zero attached hydrogens (tertiary/aromatic N) is 2. The Morgan fingerprint density at radius 3 is 2.35 bits per heavy atom. The molecule has 1 atom stereocenters. The first-order valence-corrected chi connectivity index (χ1v) is 10.1. The average Bonchev–Trinajstić information content (AvgIpc) is 2.62. The lowest BCUT2D eigenvalue weighted by molar-refractivity contribution is -0.778. The van der Waals surface area contributed by atoms with Crippen molar-refractivity contribution in [3.8, 4) is 0 Å². The summed E-state index contributed by atoms with van der Waals surface area (Å²) in [5.41, 5.74) is 4.42. The van der Waals surface area contributed by atoms with E-state index in [4.69, 9.17) is 10.5 Å². The fourth-order valence-corrected chi connectivity index (χ4v) is 5.30. The van der Waals surface area contributed by atoms with Gasteiger partial charge in [-0.2, -0.15) is 4.91 Å². The molecule has 26 heavy (non-hydrogen) atoms. The molecule has 0 unspecified atom stereocenters. The molecule has 1 aromatic rings. The first-order valence-electron chi connectivity index (χ1n) is 8.24. The summed E-state index contributed by atoms with van der Waals surface area (Å²) in [5, 5.41) is 3.11. The number of quaternary nitrogens is 1. The van der Waals surface area contributed by atoms with Crippen LogP contribution in [0.25, 0.3) is 0 Å². The van der Waals surface area contributed by atoms with Gasteiger partial charge in [0.2, 0.25) is 9.84 Å². The van der Waals surface area contributed by atoms with Gasteiger partial charge in [0.25, 0.3) is 4.87 Å². The van der Waals surface area contributed by atoms with Gasteiger partial charge in [-0.05, 0) is 19.1 Å². The minimum atomic E-state index is -4.45. The summed E-state index contributed by atoms with van der Waals surface area (Å²) in [7, 11) is -2.63. The van der Waals surface area contributed by atoms with Crippen LogP contribution in [-0.4, -0.2) is 55.4 Å². The number of benzene rings is 1. The van der Waals surface area contributed by atoms with E-state index in [1.54, 1.807) is 6.07 Å². The third kappa shape index (κ3) is 3.26. The lowest BCUT2D eigenvalue weighted by atomic mass is 9.81. The number of hydrogen-bond acceptors (Lipinski definition) is 8. The molecular formula is C16H24N3O5S2+. The highest BCUT2D eigenvalue weighted by molar-refractivity contribution is 7.93. The zero-order valence-electron chi connectivity index (χ0n) is 14.8. The monoisotopic (exact) mass is 402 g/mol. The zero-order valence-corrected chi connectivity index (χ0v) is 16.5. The zero-order chi connectivity index (χ0) is 19.6. The predicted octanol–water partition coefficient (Wildman–Crippen LogP) is 1.27. The van der Waals surface area contributed by atoms with E-state index in [-0.39, 0.29) is 28.2 Å². The summed E-state index contributed by atoms with van der Waals surface area (Å²) in [6.45, 7) is 2.13. The SMILES string of the molecule is CCOC(=O)[C@](N)(C1(N=O)CC[N+](C)(S)CC1)S(=O)(=O)c1ccccc1. The van der Waals surface area contributed by atoms with Crippen molar-refractivity contribution in [2.45, 2.75) is 35.1 Å². The quantitative estimate of drug-likeness (QED) is 0.320. The first kappa shape index (κ1) is 20.8. The Kier molecular flexibility index (Phi) is 5.81. The number of esters is 1. The van der Waals surface area contributed by atoms with Gasteiger partial charge in [-0.15, -0.1) is 0 Å². The number of thiol groups is 1. The van der Waals surface area contributed by atoms with Crippen LogP contribution in [0, 0.1) is 4.91 Å². The number of carbonyl (C=O) groups is 1. The molecule has 1 aromatic carbocycles. The van der Waals surface area contributed by atoms with Gasteiger partial charge in [0.15, 0.2) is 5.54 Å². The third-order valence-electron chi connectivity index (χ3n) is 4.94. The molecule has 1 aliphatic heterocycles. The predicted molar refractivity (Wildman–Crippen MR) is 99.8 cm³/mol. The van der Waals surface area contributed by atoms with Gasteiger partial charge in [-0.3, -0.25) is 3.89 Å². The Hall–Kier alpha value is -1.49. The Balaban J connectivity index is 2.66. The maximum absolute atomic E-state index is 13.3. The van der Waals surface area contributed by atoms with E-state index in [9.17, 15) is 18.1 Å². The minimum absolute atomic E-state index is 0.00211. The summed E-state index contributed by atoms with van der Waals surface area (Å²) in [6.07, 6.45) is -0.00421. The molecule has 2 N–H and O–H groups in total. The Morgan fingerprint density at radius 2 is 1.88 bits per heavy atom. The summed E-state index contributed by atoms with van der Waals surface area (Å²) in [4.78, 5) is 21.9. The summed E-state index contributed by atoms with van der Waals surface area (Å²) < 4.78 is 32.0. The molecule has 10 heteroatoms. The van der Waals surface area contributed by atoms with Crippen LogP contribution < -0.4 is 5.73 Å². The van der Waals surface area contributed by atoms with Crippen LogP contribution in [0.15, 0.2) is 40.4 Å². The molecule has 0 bridgehead atoms. The topological polar surface area (TPSA) is 116 Å². The van der Waals surface area contributed by atoms with E-state index in [0.29, 0.717) is 13.1 Å². The molecule has 1 fully saturated rings. The highest BCUT2D eigenvalue weighted by Gasteiger charge is 2.67. The van der Waals surface area contributed by atoms with Crippen LogP contribution in [0.2, 0.25) is 0 Å². The van der Waals surface area contributed by atoms with Gasteiger partial charge in [0.05, 0.1) is 44.5 Å². The molecule has 8 nitrogen and oxygen atoms in total. The van der Waals surface area contributed by atoms with Crippen LogP contribution in [-0.2, 0) is 19.4 Å². The number of carbonyl (C=O) groups excluding carboxylic acids is 1. The second-order valence-corrected chi connectivity index (χ2v) is 9.77. The largest absolute Gasteiger partial charge is 0.464 e. The van der Waals surface area contributed by atoms with E-state index >= 15 is 0 Å². The summed E-state index contributed by atoms with van der Waals surface area (Å²) >= 11 is 4.45. The van der Waals surface area contributed by atoms with Crippen LogP contribution in [0.4, 0.5) is 0 Å². The normalized spacial score (nSPS) is 28.8. The molecule has 2 rings (SSSR count). The Bertz CT molecular complexity index is 772. The van der Waals surface area contributed by atoms with E-state index in [0.717, 1.165) is 0 Å². The Morgan fingerprint density at radius 1 is 1.35 bits per heavy atom. The maximum atomic E-state index is 13.3. The van der Waals surface area contributed by atoms with Gasteiger partial charge in [0.1, 0.15) is 0 Å². The molecule has 0 saturated carbocycles. The van der Waals surface area contributed by atoms with Crippen molar-refractivity contribution >= 4 is 28.6 Å². The molecule has 0 spiro atoms. The van der Waals surface area contributed by atoms with Crippen LogP contribution in [0.3, 0.4) is 0 Å². The minimum Gasteiger partial charge on any atom is -0.464 e. The van der Waals surface area contributed by atoms with Crippen LogP contribution in [0.1, 0.15) is 19.8 Å². The number of likely N-dealkylation sites (tertiary alicyclic amines) is 1. The van der Waals surface area contributed by atoms with Gasteiger partial charge in [-0.25, -0.2) is 13.2 Å². The van der Waals surface area contributed by atoms with E-state index in [1.807, 2.05) is 7.05 Å². The number of piperidine rings is 1. The lowest BCUT2D eigenvalue weighted by Crippen LogP contribution is -2.72. The maximum Gasteiger partial charge on any atom is 0.345 e. The molecular weight excluding hydrogens is 378 g/mol. The molecule has 1 aliphatic rings. The van der Waals surface area contributed by atoms with Gasteiger partial charge >= 0.3 is 5.97 Å². The number of sulfone groups is 1. The van der Waals surface area contributed by atoms with Crippen molar-refractivity contribution in [3.05, 3.63) is 35.2 Å². The van der Waals surface area contributed by atoms with E-state index < -0.39 is 26.2 Å². The molecule has 0 amide bonds. The highest BCUT2D eigenvalue weighted by atomic mass is 32.2. The van der Waals surface area contributed by atoms with Gasteiger partial charge in [-0.1, -0.05) is 23.4 Å². The lowest BCUT2D eigenvalue weighted by Gasteiger charge is -2.45. The molecule has 144 valence electrons.